The van der Waals surface area contributed by atoms with Crippen LogP contribution in [-0.2, 0) is 18.3 Å². The van der Waals surface area contributed by atoms with Crippen molar-refractivity contribution in [3.8, 4) is 11.5 Å². The molecule has 28 heavy (non-hydrogen) atoms. The zero-order chi connectivity index (χ0) is 19.7. The van der Waals surface area contributed by atoms with Crippen LogP contribution < -0.4 is 9.47 Å². The molecule has 3 aromatic carbocycles. The summed E-state index contributed by atoms with van der Waals surface area (Å²) < 4.78 is 10.8. The molecule has 0 radical (unpaired) electrons. The molecule has 4 rings (SSSR count). The van der Waals surface area contributed by atoms with Crippen LogP contribution in [0.1, 0.15) is 46.5 Å². The number of methoxy groups -OCH3 is 1. The van der Waals surface area contributed by atoms with Gasteiger partial charge in [-0.2, -0.15) is 0 Å². The third kappa shape index (κ3) is 3.40. The molecule has 0 fully saturated rings. The Hall–Kier alpha value is -3.07. The van der Waals surface area contributed by atoms with Crippen LogP contribution in [0.25, 0.3) is 0 Å². The third-order valence-corrected chi connectivity index (χ3v) is 5.70. The van der Waals surface area contributed by atoms with Crippen molar-refractivity contribution in [3.05, 3.63) is 94.5 Å². The lowest BCUT2D eigenvalue weighted by Crippen LogP contribution is -2.19. The summed E-state index contributed by atoms with van der Waals surface area (Å²) in [4.78, 5) is 12.4. The summed E-state index contributed by atoms with van der Waals surface area (Å²) in [6, 6.07) is 21.7. The monoisotopic (exact) mass is 372 g/mol. The number of carbonyl (C=O) groups excluding carboxylic acids is 1. The Balaban J connectivity index is 1.49. The average Bonchev–Trinajstić information content (AvgIpc) is 2.69. The summed E-state index contributed by atoms with van der Waals surface area (Å²) in [5, 5.41) is 0. The van der Waals surface area contributed by atoms with Gasteiger partial charge in [-0.3, -0.25) is 0 Å². The highest BCUT2D eigenvalue weighted by molar-refractivity contribution is 5.91. The molecule has 0 atom stereocenters. The van der Waals surface area contributed by atoms with Gasteiger partial charge in [0.1, 0.15) is 11.5 Å². The second kappa shape index (κ2) is 7.16. The number of aryl methyl sites for hydroxylation is 2. The summed E-state index contributed by atoms with van der Waals surface area (Å²) >= 11 is 0. The van der Waals surface area contributed by atoms with Gasteiger partial charge in [0.05, 0.1) is 12.7 Å². The Labute approximate surface area is 165 Å². The second-order valence-corrected chi connectivity index (χ2v) is 7.75. The Bertz CT molecular complexity index is 999. The van der Waals surface area contributed by atoms with Crippen LogP contribution >= 0.6 is 0 Å². The highest BCUT2D eigenvalue weighted by Crippen LogP contribution is 2.33. The normalized spacial score (nSPS) is 12.7. The maximum Gasteiger partial charge on any atom is 0.343 e. The standard InChI is InChI=1S/C25H24O3/c1-25(2,20-8-12-22(27-3)13-9-20)21-10-14-23(15-11-21)28-24(26)19-7-5-17-4-6-18(17)16-19/h5,7-16H,4,6H2,1-3H3. The minimum Gasteiger partial charge on any atom is -0.497 e. The molecule has 0 bridgehead atoms. The van der Waals surface area contributed by atoms with E-state index in [9.17, 15) is 4.79 Å². The number of carbonyl (C=O) groups is 1. The first-order valence-electron chi connectivity index (χ1n) is 9.56. The van der Waals surface area contributed by atoms with Gasteiger partial charge in [-0.05, 0) is 71.5 Å². The number of esters is 1. The van der Waals surface area contributed by atoms with Gasteiger partial charge in [0.2, 0.25) is 0 Å². The minimum atomic E-state index is -0.308. The quantitative estimate of drug-likeness (QED) is 0.448. The molecule has 0 saturated heterocycles. The van der Waals surface area contributed by atoms with E-state index in [2.05, 4.69) is 26.0 Å². The highest BCUT2D eigenvalue weighted by Gasteiger charge is 2.23. The molecule has 0 saturated carbocycles. The highest BCUT2D eigenvalue weighted by atomic mass is 16.5. The maximum absolute atomic E-state index is 12.4. The van der Waals surface area contributed by atoms with Crippen molar-refractivity contribution in [2.75, 3.05) is 7.11 Å². The van der Waals surface area contributed by atoms with Crippen LogP contribution in [0.3, 0.4) is 0 Å². The van der Waals surface area contributed by atoms with E-state index in [0.29, 0.717) is 11.3 Å². The maximum atomic E-state index is 12.4. The number of benzene rings is 3. The average molecular weight is 372 g/mol. The van der Waals surface area contributed by atoms with E-state index in [1.165, 1.54) is 16.7 Å². The first-order valence-corrected chi connectivity index (χ1v) is 9.56. The van der Waals surface area contributed by atoms with E-state index in [1.54, 1.807) is 7.11 Å². The molecule has 3 aromatic rings. The molecule has 0 aliphatic heterocycles. The molecule has 3 nitrogen and oxygen atoms in total. The van der Waals surface area contributed by atoms with Crippen molar-refractivity contribution in [2.45, 2.75) is 32.1 Å². The van der Waals surface area contributed by atoms with Crippen LogP contribution in [0, 0.1) is 0 Å². The molecule has 1 aliphatic carbocycles. The summed E-state index contributed by atoms with van der Waals surface area (Å²) in [6.07, 6.45) is 2.15. The molecule has 1 aliphatic rings. The van der Waals surface area contributed by atoms with E-state index >= 15 is 0 Å². The number of hydrogen-bond acceptors (Lipinski definition) is 3. The first-order chi connectivity index (χ1) is 13.5. The molecule has 0 heterocycles. The van der Waals surface area contributed by atoms with E-state index in [-0.39, 0.29) is 11.4 Å². The van der Waals surface area contributed by atoms with Crippen molar-refractivity contribution in [1.82, 2.24) is 0 Å². The fourth-order valence-electron chi connectivity index (χ4n) is 3.60. The smallest absolute Gasteiger partial charge is 0.343 e. The first kappa shape index (κ1) is 18.3. The molecule has 0 unspecified atom stereocenters. The van der Waals surface area contributed by atoms with Crippen molar-refractivity contribution >= 4 is 5.97 Å². The minimum absolute atomic E-state index is 0.170. The number of rotatable bonds is 5. The zero-order valence-corrected chi connectivity index (χ0v) is 16.5. The Morgan fingerprint density at radius 1 is 0.786 bits per heavy atom. The third-order valence-electron chi connectivity index (χ3n) is 5.70. The van der Waals surface area contributed by atoms with Gasteiger partial charge < -0.3 is 9.47 Å². The fraction of sp³-hybridized carbons (Fsp3) is 0.240. The summed E-state index contributed by atoms with van der Waals surface area (Å²) in [5.74, 6) is 1.09. The SMILES string of the molecule is COc1ccc(C(C)(C)c2ccc(OC(=O)c3ccc4c(c3)CC4)cc2)cc1. The van der Waals surface area contributed by atoms with Gasteiger partial charge in [0.25, 0.3) is 0 Å². The Morgan fingerprint density at radius 3 is 1.86 bits per heavy atom. The molecule has 0 amide bonds. The van der Waals surface area contributed by atoms with Crippen LogP contribution in [0.4, 0.5) is 0 Å². The second-order valence-electron chi connectivity index (χ2n) is 7.75. The van der Waals surface area contributed by atoms with Crippen LogP contribution in [-0.4, -0.2) is 13.1 Å². The van der Waals surface area contributed by atoms with Crippen molar-refractivity contribution < 1.29 is 14.3 Å². The summed E-state index contributed by atoms with van der Waals surface area (Å²) in [6.45, 7) is 4.36. The summed E-state index contributed by atoms with van der Waals surface area (Å²) in [5.41, 5.74) is 5.38. The molecular weight excluding hydrogens is 348 g/mol. The van der Waals surface area contributed by atoms with Crippen molar-refractivity contribution in [3.63, 3.8) is 0 Å². The lowest BCUT2D eigenvalue weighted by atomic mass is 9.78. The fourth-order valence-corrected chi connectivity index (χ4v) is 3.60. The largest absolute Gasteiger partial charge is 0.497 e. The molecule has 0 aromatic heterocycles. The van der Waals surface area contributed by atoms with E-state index in [1.807, 2.05) is 54.6 Å². The number of ether oxygens (including phenoxy) is 2. The van der Waals surface area contributed by atoms with Gasteiger partial charge in [-0.1, -0.05) is 44.2 Å². The van der Waals surface area contributed by atoms with E-state index < -0.39 is 0 Å². The number of hydrogen-bond donors (Lipinski definition) is 0. The molecule has 142 valence electrons. The predicted octanol–water partition coefficient (Wildman–Crippen LogP) is 5.34. The van der Waals surface area contributed by atoms with Gasteiger partial charge in [0.15, 0.2) is 0 Å². The van der Waals surface area contributed by atoms with Gasteiger partial charge in [0, 0.05) is 5.41 Å². The Morgan fingerprint density at radius 2 is 1.36 bits per heavy atom. The van der Waals surface area contributed by atoms with Crippen LogP contribution in [0.5, 0.6) is 11.5 Å². The van der Waals surface area contributed by atoms with Crippen LogP contribution in [0.15, 0.2) is 66.7 Å². The molecule has 3 heteroatoms. The van der Waals surface area contributed by atoms with Gasteiger partial charge in [-0.15, -0.1) is 0 Å². The van der Waals surface area contributed by atoms with Gasteiger partial charge >= 0.3 is 5.97 Å². The van der Waals surface area contributed by atoms with Crippen LogP contribution in [0.2, 0.25) is 0 Å². The molecular formula is C25H24O3. The van der Waals surface area contributed by atoms with Crippen molar-refractivity contribution in [1.29, 1.82) is 0 Å². The predicted molar refractivity (Wildman–Crippen MR) is 110 cm³/mol. The zero-order valence-electron chi connectivity index (χ0n) is 16.5. The number of fused-ring (bicyclic) bond motifs is 1. The molecule has 0 N–H and O–H groups in total. The summed E-state index contributed by atoms with van der Waals surface area (Å²) in [7, 11) is 1.67. The topological polar surface area (TPSA) is 35.5 Å². The molecule has 0 spiro atoms. The van der Waals surface area contributed by atoms with Crippen molar-refractivity contribution in [2.24, 2.45) is 0 Å². The Kier molecular flexibility index (Phi) is 4.68. The van der Waals surface area contributed by atoms with Gasteiger partial charge in [-0.25, -0.2) is 4.79 Å². The lowest BCUT2D eigenvalue weighted by Gasteiger charge is -2.26. The van der Waals surface area contributed by atoms with E-state index in [4.69, 9.17) is 9.47 Å². The lowest BCUT2D eigenvalue weighted by molar-refractivity contribution is 0.0734. The van der Waals surface area contributed by atoms with E-state index in [0.717, 1.165) is 24.2 Å².